The summed E-state index contributed by atoms with van der Waals surface area (Å²) in [7, 11) is 0. The molecule has 52 heavy (non-hydrogen) atoms. The maximum absolute atomic E-state index is 4.72. The lowest BCUT2D eigenvalue weighted by molar-refractivity contribution is 1.05. The topological polar surface area (TPSA) is 93.5 Å². The first kappa shape index (κ1) is 29.9. The summed E-state index contributed by atoms with van der Waals surface area (Å²) in [6.45, 7) is 0. The fraction of sp³-hybridized carbons (Fsp3) is 0. The van der Waals surface area contributed by atoms with Crippen molar-refractivity contribution < 1.29 is 0 Å². The van der Waals surface area contributed by atoms with Gasteiger partial charge in [-0.15, -0.1) is 11.3 Å². The van der Waals surface area contributed by atoms with Crippen LogP contribution in [0.5, 0.6) is 0 Å². The minimum Gasteiger partial charge on any atom is -0.311 e. The zero-order valence-corrected chi connectivity index (χ0v) is 28.3. The normalized spacial score (nSPS) is 11.5. The Kier molecular flexibility index (Phi) is 7.14. The largest absolute Gasteiger partial charge is 0.311 e. The van der Waals surface area contributed by atoms with E-state index in [2.05, 4.69) is 151 Å². The van der Waals surface area contributed by atoms with Gasteiger partial charge in [0.25, 0.3) is 0 Å². The van der Waals surface area contributed by atoms with E-state index in [0.717, 1.165) is 92.6 Å². The number of hydrogen-bond donors (Lipinski definition) is 0. The van der Waals surface area contributed by atoms with E-state index < -0.39 is 0 Å². The number of thiophene rings is 1. The predicted molar refractivity (Wildman–Crippen MR) is 210 cm³/mol. The zero-order chi connectivity index (χ0) is 34.4. The molecule has 0 saturated carbocycles. The molecule has 0 saturated heterocycles. The molecule has 5 heterocycles. The van der Waals surface area contributed by atoms with Crippen LogP contribution in [0.3, 0.4) is 0 Å². The summed E-state index contributed by atoms with van der Waals surface area (Å²) in [6.07, 6.45) is 10.7. The Hall–Kier alpha value is -6.97. The highest BCUT2D eigenvalue weighted by atomic mass is 32.1. The molecule has 0 aliphatic rings. The van der Waals surface area contributed by atoms with Crippen molar-refractivity contribution in [2.45, 2.75) is 0 Å². The highest BCUT2D eigenvalue weighted by Gasteiger charge is 2.17. The van der Waals surface area contributed by atoms with Crippen LogP contribution in [-0.4, -0.2) is 35.3 Å². The van der Waals surface area contributed by atoms with Crippen molar-refractivity contribution in [1.29, 1.82) is 0 Å². The van der Waals surface area contributed by atoms with Crippen molar-refractivity contribution in [1.82, 2.24) is 35.3 Å². The number of fused-ring (bicyclic) bond motifs is 5. The van der Waals surface area contributed by atoms with Gasteiger partial charge in [0.15, 0.2) is 0 Å². The van der Waals surface area contributed by atoms with E-state index in [4.69, 9.17) is 4.98 Å². The molecule has 10 rings (SSSR count). The first-order chi connectivity index (χ1) is 25.7. The van der Waals surface area contributed by atoms with E-state index in [0.29, 0.717) is 0 Å². The summed E-state index contributed by atoms with van der Waals surface area (Å²) in [5.41, 5.74) is 10.5. The van der Waals surface area contributed by atoms with Crippen LogP contribution in [0.2, 0.25) is 0 Å². The van der Waals surface area contributed by atoms with Crippen LogP contribution in [0.15, 0.2) is 159 Å². The molecule has 244 valence electrons. The van der Waals surface area contributed by atoms with Crippen LogP contribution < -0.4 is 4.90 Å². The summed E-state index contributed by atoms with van der Waals surface area (Å²) in [6, 6.07) is 42.8. The second-order valence-electron chi connectivity index (χ2n) is 12.5. The molecule has 0 unspecified atom stereocenters. The van der Waals surface area contributed by atoms with E-state index in [-0.39, 0.29) is 0 Å². The van der Waals surface area contributed by atoms with Gasteiger partial charge in [0.05, 0.1) is 40.7 Å². The van der Waals surface area contributed by atoms with Crippen molar-refractivity contribution in [3.8, 4) is 33.5 Å². The summed E-state index contributed by atoms with van der Waals surface area (Å²) in [5.74, 6) is 0. The van der Waals surface area contributed by atoms with Crippen molar-refractivity contribution in [2.75, 3.05) is 4.90 Å². The molecule has 0 aliphatic heterocycles. The second kappa shape index (κ2) is 12.4. The highest BCUT2D eigenvalue weighted by molar-refractivity contribution is 7.25. The summed E-state index contributed by atoms with van der Waals surface area (Å²) in [4.78, 5) is 17.1. The highest BCUT2D eigenvalue weighted by Crippen LogP contribution is 2.40. The predicted octanol–water partition coefficient (Wildman–Crippen LogP) is 10.6. The van der Waals surface area contributed by atoms with Gasteiger partial charge in [0.2, 0.25) is 0 Å². The average Bonchev–Trinajstić information content (AvgIpc) is 3.61. The van der Waals surface area contributed by atoms with Crippen molar-refractivity contribution in [2.24, 2.45) is 0 Å². The first-order valence-electron chi connectivity index (χ1n) is 16.8. The van der Waals surface area contributed by atoms with E-state index in [1.165, 1.54) is 0 Å². The fourth-order valence-corrected chi connectivity index (χ4v) is 7.90. The third-order valence-electron chi connectivity index (χ3n) is 9.44. The van der Waals surface area contributed by atoms with Gasteiger partial charge in [-0.1, -0.05) is 60.7 Å². The number of hydrogen-bond acceptors (Lipinski definition) is 9. The molecule has 5 aromatic heterocycles. The minimum atomic E-state index is 0.905. The standard InChI is InChI=1S/C43H26N8S/c1-2-39-41-42(52-43(39)44-19-1)40(45-26-46-41)29-11-17-38(18-12-29)51(36-13-7-27(8-14-36)30-3-5-32-22-47-49-24-34(32)20-30)37-15-9-28(10-16-37)31-4-6-33-23-48-50-25-35(33)21-31/h1-26H. The third-order valence-corrected chi connectivity index (χ3v) is 10.5. The molecule has 0 atom stereocenters. The quantitative estimate of drug-likeness (QED) is 0.171. The maximum atomic E-state index is 4.72. The minimum absolute atomic E-state index is 0.905. The van der Waals surface area contributed by atoms with Gasteiger partial charge in [-0.3, -0.25) is 0 Å². The van der Waals surface area contributed by atoms with Gasteiger partial charge in [-0.2, -0.15) is 20.4 Å². The fourth-order valence-electron chi connectivity index (χ4n) is 6.79. The molecule has 10 aromatic rings. The average molecular weight is 687 g/mol. The monoisotopic (exact) mass is 686 g/mol. The SMILES string of the molecule is c1cnc2sc3c(-c4ccc(N(c5ccc(-c6ccc7cnncc7c6)cc5)c5ccc(-c6ccc7cnncc7c6)cc5)cc4)ncnc3c2c1. The molecule has 0 aliphatic carbocycles. The molecule has 0 amide bonds. The van der Waals surface area contributed by atoms with Crippen molar-refractivity contribution >= 4 is 70.4 Å². The molecule has 0 radical (unpaired) electrons. The summed E-state index contributed by atoms with van der Waals surface area (Å²) >= 11 is 1.63. The molecule has 0 N–H and O–H groups in total. The Balaban J connectivity index is 1.04. The number of pyridine rings is 1. The Morgan fingerprint density at radius 3 is 1.50 bits per heavy atom. The van der Waals surface area contributed by atoms with E-state index in [9.17, 15) is 0 Å². The number of nitrogens with zero attached hydrogens (tertiary/aromatic N) is 8. The molecule has 5 aromatic carbocycles. The van der Waals surface area contributed by atoms with E-state index in [1.54, 1.807) is 42.5 Å². The molecule has 9 heteroatoms. The molecule has 0 fully saturated rings. The van der Waals surface area contributed by atoms with Gasteiger partial charge in [-0.25, -0.2) is 15.0 Å². The zero-order valence-electron chi connectivity index (χ0n) is 27.5. The van der Waals surface area contributed by atoms with Gasteiger partial charge in [0, 0.05) is 55.8 Å². The van der Waals surface area contributed by atoms with Crippen LogP contribution in [0.4, 0.5) is 17.1 Å². The smallest absolute Gasteiger partial charge is 0.126 e. The van der Waals surface area contributed by atoms with Gasteiger partial charge < -0.3 is 4.90 Å². The number of aromatic nitrogens is 7. The van der Waals surface area contributed by atoms with Gasteiger partial charge in [0.1, 0.15) is 11.2 Å². The van der Waals surface area contributed by atoms with Gasteiger partial charge >= 0.3 is 0 Å². The van der Waals surface area contributed by atoms with E-state index in [1.807, 2.05) is 12.3 Å². The Bertz CT molecular complexity index is 2780. The molecular formula is C43H26N8S. The van der Waals surface area contributed by atoms with Crippen LogP contribution >= 0.6 is 11.3 Å². The number of benzene rings is 5. The van der Waals surface area contributed by atoms with Crippen LogP contribution in [0.1, 0.15) is 0 Å². The molecule has 8 nitrogen and oxygen atoms in total. The second-order valence-corrected chi connectivity index (χ2v) is 13.5. The van der Waals surface area contributed by atoms with Crippen molar-refractivity contribution in [3.05, 3.63) is 159 Å². The summed E-state index contributed by atoms with van der Waals surface area (Å²) < 4.78 is 1.04. The lowest BCUT2D eigenvalue weighted by Gasteiger charge is -2.26. The summed E-state index contributed by atoms with van der Waals surface area (Å²) in [5, 5.41) is 21.5. The number of anilines is 3. The van der Waals surface area contributed by atoms with Crippen LogP contribution in [0.25, 0.3) is 75.5 Å². The molecule has 0 spiro atoms. The Labute approximate surface area is 301 Å². The maximum Gasteiger partial charge on any atom is 0.126 e. The van der Waals surface area contributed by atoms with Crippen LogP contribution in [-0.2, 0) is 0 Å². The lowest BCUT2D eigenvalue weighted by Crippen LogP contribution is -2.09. The van der Waals surface area contributed by atoms with Crippen molar-refractivity contribution in [3.63, 3.8) is 0 Å². The number of rotatable bonds is 6. The first-order valence-corrected chi connectivity index (χ1v) is 17.6. The van der Waals surface area contributed by atoms with Gasteiger partial charge in [-0.05, 0) is 82.9 Å². The Morgan fingerprint density at radius 2 is 0.942 bits per heavy atom. The van der Waals surface area contributed by atoms with Crippen LogP contribution in [0, 0.1) is 0 Å². The molecular weight excluding hydrogens is 661 g/mol. The van der Waals surface area contributed by atoms with E-state index >= 15 is 0 Å². The lowest BCUT2D eigenvalue weighted by atomic mass is 10.0. The Morgan fingerprint density at radius 1 is 0.442 bits per heavy atom. The third kappa shape index (κ3) is 5.28. The molecule has 0 bridgehead atoms.